The van der Waals surface area contributed by atoms with E-state index in [0.717, 1.165) is 6.08 Å². The molecule has 1 N–H and O–H groups in total. The SMILES string of the molecule is CC=CC=CC(=O)O.[SnH2]. The molecule has 2 radical (unpaired) electrons. The molecule has 0 fully saturated rings. The predicted molar refractivity (Wildman–Crippen MR) is 40.1 cm³/mol. The summed E-state index contributed by atoms with van der Waals surface area (Å²) in [5, 5.41) is 8.02. The van der Waals surface area contributed by atoms with Crippen LogP contribution in [0.5, 0.6) is 0 Å². The summed E-state index contributed by atoms with van der Waals surface area (Å²) in [6.07, 6.45) is 5.98. The van der Waals surface area contributed by atoms with E-state index in [-0.39, 0.29) is 23.9 Å². The van der Waals surface area contributed by atoms with Gasteiger partial charge in [-0.15, -0.1) is 0 Å². The van der Waals surface area contributed by atoms with Crippen LogP contribution in [-0.2, 0) is 4.79 Å². The number of hydrogen-bond acceptors (Lipinski definition) is 1. The second kappa shape index (κ2) is 7.75. The van der Waals surface area contributed by atoms with E-state index < -0.39 is 5.97 Å². The zero-order valence-corrected chi connectivity index (χ0v) is 9.41. The summed E-state index contributed by atoms with van der Waals surface area (Å²) in [7, 11) is 0. The van der Waals surface area contributed by atoms with Crippen LogP contribution in [0.15, 0.2) is 24.3 Å². The van der Waals surface area contributed by atoms with Gasteiger partial charge in [0.05, 0.1) is 0 Å². The summed E-state index contributed by atoms with van der Waals surface area (Å²) >= 11 is 0. The van der Waals surface area contributed by atoms with E-state index in [0.29, 0.717) is 0 Å². The van der Waals surface area contributed by atoms with Crippen LogP contribution in [0, 0.1) is 0 Å². The van der Waals surface area contributed by atoms with E-state index in [4.69, 9.17) is 5.11 Å². The van der Waals surface area contributed by atoms with Gasteiger partial charge < -0.3 is 5.11 Å². The zero-order valence-electron chi connectivity index (χ0n) is 5.37. The average molecular weight is 233 g/mol. The van der Waals surface area contributed by atoms with Crippen molar-refractivity contribution in [3.05, 3.63) is 24.3 Å². The molecule has 3 heteroatoms. The van der Waals surface area contributed by atoms with Crippen LogP contribution in [0.2, 0.25) is 0 Å². The molecule has 0 aromatic carbocycles. The third kappa shape index (κ3) is 11.4. The summed E-state index contributed by atoms with van der Waals surface area (Å²) in [5.41, 5.74) is 0. The minimum atomic E-state index is -0.914. The van der Waals surface area contributed by atoms with Gasteiger partial charge in [-0.2, -0.15) is 0 Å². The van der Waals surface area contributed by atoms with Crippen LogP contribution in [-0.4, -0.2) is 35.0 Å². The second-order valence-electron chi connectivity index (χ2n) is 1.22. The van der Waals surface area contributed by atoms with Crippen LogP contribution in [0.3, 0.4) is 0 Å². The first-order valence-electron chi connectivity index (χ1n) is 2.29. The summed E-state index contributed by atoms with van der Waals surface area (Å²) in [6, 6.07) is 0. The number of carboxylic acid groups (broad SMARTS) is 1. The monoisotopic (exact) mass is 234 g/mol. The standard InChI is InChI=1S/C6H8O2.Sn.2H/c1-2-3-4-5-6(7)8;;;/h2-5H,1H3,(H,7,8);;;. The molecule has 0 aliphatic carbocycles. The van der Waals surface area contributed by atoms with E-state index in [9.17, 15) is 4.79 Å². The predicted octanol–water partition coefficient (Wildman–Crippen LogP) is 0.287. The molecule has 0 aromatic rings. The fourth-order valence-electron chi connectivity index (χ4n) is 0.249. The van der Waals surface area contributed by atoms with Crippen molar-refractivity contribution < 1.29 is 9.90 Å². The topological polar surface area (TPSA) is 37.3 Å². The van der Waals surface area contributed by atoms with Crippen molar-refractivity contribution in [1.82, 2.24) is 0 Å². The van der Waals surface area contributed by atoms with Crippen molar-refractivity contribution in [2.75, 3.05) is 0 Å². The molecule has 0 aliphatic rings. The fraction of sp³-hybridized carbons (Fsp3) is 0.167. The first-order chi connectivity index (χ1) is 3.77. The van der Waals surface area contributed by atoms with Gasteiger partial charge in [0.1, 0.15) is 0 Å². The van der Waals surface area contributed by atoms with Gasteiger partial charge in [0, 0.05) is 6.08 Å². The third-order valence-corrected chi connectivity index (χ3v) is 0.542. The van der Waals surface area contributed by atoms with Gasteiger partial charge in [-0.1, -0.05) is 18.2 Å². The Balaban J connectivity index is 0. The molecular formula is C6H10O2Sn. The number of aliphatic carboxylic acids is 1. The van der Waals surface area contributed by atoms with E-state index in [1.165, 1.54) is 6.08 Å². The summed E-state index contributed by atoms with van der Waals surface area (Å²) in [4.78, 5) is 9.75. The Morgan fingerprint density at radius 1 is 1.44 bits per heavy atom. The summed E-state index contributed by atoms with van der Waals surface area (Å²) in [6.45, 7) is 1.83. The van der Waals surface area contributed by atoms with Crippen LogP contribution < -0.4 is 0 Å². The van der Waals surface area contributed by atoms with Crippen molar-refractivity contribution in [3.8, 4) is 0 Å². The van der Waals surface area contributed by atoms with Gasteiger partial charge in [0.2, 0.25) is 0 Å². The molecule has 0 bridgehead atoms. The normalized spacial score (nSPS) is 9.89. The zero-order chi connectivity index (χ0) is 6.41. The van der Waals surface area contributed by atoms with Crippen molar-refractivity contribution in [2.24, 2.45) is 0 Å². The number of carboxylic acids is 1. The fourth-order valence-corrected chi connectivity index (χ4v) is 0.249. The number of allylic oxidation sites excluding steroid dienone is 3. The average Bonchev–Trinajstić information content (AvgIpc) is 1.66. The third-order valence-electron chi connectivity index (χ3n) is 0.542. The molecule has 0 heterocycles. The number of rotatable bonds is 2. The van der Waals surface area contributed by atoms with Gasteiger partial charge in [-0.3, -0.25) is 0 Å². The van der Waals surface area contributed by atoms with Crippen LogP contribution >= 0.6 is 0 Å². The van der Waals surface area contributed by atoms with E-state index in [1.807, 2.05) is 6.92 Å². The number of hydrogen-bond donors (Lipinski definition) is 1. The Morgan fingerprint density at radius 3 is 2.33 bits per heavy atom. The molecule has 0 unspecified atom stereocenters. The Labute approximate surface area is 71.2 Å². The first-order valence-corrected chi connectivity index (χ1v) is 2.29. The molecule has 0 saturated carbocycles. The van der Waals surface area contributed by atoms with Crippen molar-refractivity contribution in [2.45, 2.75) is 6.92 Å². The van der Waals surface area contributed by atoms with E-state index in [1.54, 1.807) is 12.2 Å². The molecule has 50 valence electrons. The maximum atomic E-state index is 9.75. The van der Waals surface area contributed by atoms with Crippen LogP contribution in [0.25, 0.3) is 0 Å². The molecule has 0 saturated heterocycles. The van der Waals surface area contributed by atoms with E-state index in [2.05, 4.69) is 0 Å². The van der Waals surface area contributed by atoms with Gasteiger partial charge in [0.25, 0.3) is 0 Å². The summed E-state index contributed by atoms with van der Waals surface area (Å²) < 4.78 is 0. The van der Waals surface area contributed by atoms with Gasteiger partial charge in [-0.25, -0.2) is 4.79 Å². The Kier molecular flexibility index (Phi) is 9.93. The van der Waals surface area contributed by atoms with Crippen molar-refractivity contribution >= 4 is 29.9 Å². The molecule has 0 spiro atoms. The number of carbonyl (C=O) groups is 1. The molecule has 0 aliphatic heterocycles. The Morgan fingerprint density at radius 2 is 2.00 bits per heavy atom. The molecule has 0 rings (SSSR count). The van der Waals surface area contributed by atoms with Crippen molar-refractivity contribution in [3.63, 3.8) is 0 Å². The molecule has 0 aromatic heterocycles. The maximum absolute atomic E-state index is 9.75. The van der Waals surface area contributed by atoms with Gasteiger partial charge in [-0.05, 0) is 6.92 Å². The van der Waals surface area contributed by atoms with Crippen molar-refractivity contribution in [1.29, 1.82) is 0 Å². The Bertz CT molecular complexity index is 127. The first kappa shape index (κ1) is 11.5. The molecule has 2 nitrogen and oxygen atoms in total. The second-order valence-corrected chi connectivity index (χ2v) is 1.22. The summed E-state index contributed by atoms with van der Waals surface area (Å²) in [5.74, 6) is -0.914. The van der Waals surface area contributed by atoms with Gasteiger partial charge >= 0.3 is 29.9 Å². The van der Waals surface area contributed by atoms with Crippen LogP contribution in [0.4, 0.5) is 0 Å². The molecule has 0 amide bonds. The van der Waals surface area contributed by atoms with Gasteiger partial charge in [0.15, 0.2) is 0 Å². The van der Waals surface area contributed by atoms with E-state index >= 15 is 0 Å². The minimum absolute atomic E-state index is 0. The Hall–Kier alpha value is -0.251. The molecule has 0 atom stereocenters. The molecule has 9 heavy (non-hydrogen) atoms. The molecular weight excluding hydrogens is 223 g/mol. The quantitative estimate of drug-likeness (QED) is 0.422. The van der Waals surface area contributed by atoms with Crippen LogP contribution in [0.1, 0.15) is 6.92 Å².